The van der Waals surface area contributed by atoms with Gasteiger partial charge < -0.3 is 24.7 Å². The lowest BCUT2D eigenvalue weighted by molar-refractivity contribution is -0.146. The number of imidazole rings is 1. The standard InChI is InChI=1S/C26H30N4O5/c1-34-26(33)23(15-21-16-27-17-28-21)29-25(32)20(14-24(31)30-9-11-35-12-10-30)13-19-7-4-6-18-5-2-3-8-22(18)19/h2-8,16-17,20,23H,9-15H2,1H3,(H,27,28)(H,29,32)/t20?,23-/m0/s1. The molecule has 1 unspecified atom stereocenters. The maximum Gasteiger partial charge on any atom is 0.328 e. The molecule has 2 amide bonds. The lowest BCUT2D eigenvalue weighted by Crippen LogP contribution is -2.48. The molecule has 1 saturated heterocycles. The number of fused-ring (bicyclic) bond motifs is 1. The number of hydrogen-bond donors (Lipinski definition) is 2. The maximum absolute atomic E-state index is 13.5. The summed E-state index contributed by atoms with van der Waals surface area (Å²) in [6.45, 7) is 1.98. The number of nitrogens with one attached hydrogen (secondary N) is 2. The molecule has 2 aromatic carbocycles. The van der Waals surface area contributed by atoms with Gasteiger partial charge in [0.25, 0.3) is 0 Å². The number of benzene rings is 2. The quantitative estimate of drug-likeness (QED) is 0.454. The lowest BCUT2D eigenvalue weighted by Gasteiger charge is -2.29. The zero-order valence-electron chi connectivity index (χ0n) is 19.7. The number of carbonyl (C=O) groups excluding carboxylic acids is 3. The van der Waals surface area contributed by atoms with Gasteiger partial charge in [-0.2, -0.15) is 0 Å². The van der Waals surface area contributed by atoms with Crippen molar-refractivity contribution in [3.8, 4) is 0 Å². The molecule has 0 bridgehead atoms. The van der Waals surface area contributed by atoms with Gasteiger partial charge in [0.15, 0.2) is 0 Å². The number of aromatic amines is 1. The summed E-state index contributed by atoms with van der Waals surface area (Å²) < 4.78 is 10.3. The van der Waals surface area contributed by atoms with Crippen molar-refractivity contribution in [2.45, 2.75) is 25.3 Å². The normalized spacial score (nSPS) is 15.4. The molecule has 4 rings (SSSR count). The van der Waals surface area contributed by atoms with Crippen LogP contribution in [0.4, 0.5) is 0 Å². The van der Waals surface area contributed by atoms with Crippen LogP contribution in [-0.4, -0.2) is 72.1 Å². The van der Waals surface area contributed by atoms with Crippen molar-refractivity contribution in [3.05, 3.63) is 66.2 Å². The summed E-state index contributed by atoms with van der Waals surface area (Å²) in [4.78, 5) is 47.8. The van der Waals surface area contributed by atoms with Crippen LogP contribution in [0, 0.1) is 5.92 Å². The van der Waals surface area contributed by atoms with Crippen LogP contribution in [0.25, 0.3) is 10.8 Å². The Bertz CT molecular complexity index is 1150. The predicted octanol–water partition coefficient (Wildman–Crippen LogP) is 1.87. The van der Waals surface area contributed by atoms with E-state index in [0.717, 1.165) is 16.3 Å². The number of ether oxygens (including phenoxy) is 2. The van der Waals surface area contributed by atoms with Gasteiger partial charge in [0.1, 0.15) is 6.04 Å². The number of esters is 1. The van der Waals surface area contributed by atoms with Crippen LogP contribution >= 0.6 is 0 Å². The SMILES string of the molecule is COC(=O)[C@H](Cc1c[nH]cn1)NC(=O)C(CC(=O)N1CCOCC1)Cc1cccc2ccccc12. The van der Waals surface area contributed by atoms with Crippen molar-refractivity contribution in [1.82, 2.24) is 20.2 Å². The highest BCUT2D eigenvalue weighted by molar-refractivity contribution is 5.91. The minimum atomic E-state index is -0.913. The van der Waals surface area contributed by atoms with E-state index in [-0.39, 0.29) is 24.7 Å². The molecule has 2 heterocycles. The minimum Gasteiger partial charge on any atom is -0.467 e. The van der Waals surface area contributed by atoms with Gasteiger partial charge in [-0.15, -0.1) is 0 Å². The van der Waals surface area contributed by atoms with Crippen LogP contribution in [0.2, 0.25) is 0 Å². The van der Waals surface area contributed by atoms with Gasteiger partial charge in [0.05, 0.1) is 38.3 Å². The third-order valence-electron chi connectivity index (χ3n) is 6.27. The second-order valence-corrected chi connectivity index (χ2v) is 8.59. The number of aromatic nitrogens is 2. The first-order valence-electron chi connectivity index (χ1n) is 11.7. The molecule has 1 aromatic heterocycles. The van der Waals surface area contributed by atoms with Crippen LogP contribution in [-0.2, 0) is 36.7 Å². The van der Waals surface area contributed by atoms with E-state index < -0.39 is 17.9 Å². The average Bonchev–Trinajstić information content (AvgIpc) is 3.41. The number of carbonyl (C=O) groups is 3. The topological polar surface area (TPSA) is 114 Å². The van der Waals surface area contributed by atoms with E-state index in [2.05, 4.69) is 15.3 Å². The number of hydrogen-bond acceptors (Lipinski definition) is 6. The Kier molecular flexibility index (Phi) is 8.10. The molecule has 1 fully saturated rings. The number of amides is 2. The summed E-state index contributed by atoms with van der Waals surface area (Å²) in [5.41, 5.74) is 1.59. The summed E-state index contributed by atoms with van der Waals surface area (Å²) in [6.07, 6.45) is 3.75. The van der Waals surface area contributed by atoms with E-state index in [1.807, 2.05) is 42.5 Å². The first-order valence-corrected chi connectivity index (χ1v) is 11.7. The molecular weight excluding hydrogens is 448 g/mol. The smallest absolute Gasteiger partial charge is 0.328 e. The number of nitrogens with zero attached hydrogens (tertiary/aromatic N) is 2. The van der Waals surface area contributed by atoms with Gasteiger partial charge in [0, 0.05) is 32.1 Å². The van der Waals surface area contributed by atoms with Crippen LogP contribution in [0.1, 0.15) is 17.7 Å². The molecule has 184 valence electrons. The van der Waals surface area contributed by atoms with Gasteiger partial charge in [-0.25, -0.2) is 9.78 Å². The maximum atomic E-state index is 13.5. The lowest BCUT2D eigenvalue weighted by atomic mass is 9.91. The van der Waals surface area contributed by atoms with Crippen molar-refractivity contribution in [1.29, 1.82) is 0 Å². The second-order valence-electron chi connectivity index (χ2n) is 8.59. The number of morpholine rings is 1. The second kappa shape index (κ2) is 11.6. The molecule has 0 saturated carbocycles. The molecule has 35 heavy (non-hydrogen) atoms. The van der Waals surface area contributed by atoms with Crippen LogP contribution < -0.4 is 5.32 Å². The Labute approximate surface area is 203 Å². The van der Waals surface area contributed by atoms with E-state index in [4.69, 9.17) is 9.47 Å². The van der Waals surface area contributed by atoms with Crippen molar-refractivity contribution >= 4 is 28.6 Å². The average molecular weight is 479 g/mol. The molecule has 0 spiro atoms. The Balaban J connectivity index is 1.57. The monoisotopic (exact) mass is 478 g/mol. The Morgan fingerprint density at radius 1 is 1.11 bits per heavy atom. The van der Waals surface area contributed by atoms with E-state index in [1.165, 1.54) is 13.4 Å². The largest absolute Gasteiger partial charge is 0.467 e. The summed E-state index contributed by atoms with van der Waals surface area (Å²) in [5, 5.41) is 4.92. The third kappa shape index (κ3) is 6.24. The zero-order chi connectivity index (χ0) is 24.6. The van der Waals surface area contributed by atoms with Crippen LogP contribution in [0.15, 0.2) is 55.0 Å². The molecule has 1 aliphatic rings. The minimum absolute atomic E-state index is 0.0331. The number of rotatable bonds is 9. The fourth-order valence-electron chi connectivity index (χ4n) is 4.38. The fourth-order valence-corrected chi connectivity index (χ4v) is 4.38. The van der Waals surface area contributed by atoms with Gasteiger partial charge in [-0.05, 0) is 22.8 Å². The molecular formula is C26H30N4O5. The third-order valence-corrected chi connectivity index (χ3v) is 6.27. The Morgan fingerprint density at radius 2 is 1.89 bits per heavy atom. The predicted molar refractivity (Wildman–Crippen MR) is 129 cm³/mol. The molecule has 1 aliphatic heterocycles. The number of methoxy groups -OCH3 is 1. The molecule has 2 N–H and O–H groups in total. The van der Waals surface area contributed by atoms with Crippen LogP contribution in [0.3, 0.4) is 0 Å². The summed E-state index contributed by atoms with van der Waals surface area (Å²) >= 11 is 0. The van der Waals surface area contributed by atoms with E-state index in [1.54, 1.807) is 11.1 Å². The summed E-state index contributed by atoms with van der Waals surface area (Å²) in [7, 11) is 1.28. The molecule has 0 aliphatic carbocycles. The summed E-state index contributed by atoms with van der Waals surface area (Å²) in [5.74, 6) is -1.70. The summed E-state index contributed by atoms with van der Waals surface area (Å²) in [6, 6.07) is 13.0. The highest BCUT2D eigenvalue weighted by atomic mass is 16.5. The first-order chi connectivity index (χ1) is 17.0. The molecule has 3 aromatic rings. The van der Waals surface area contributed by atoms with Gasteiger partial charge in [-0.3, -0.25) is 9.59 Å². The van der Waals surface area contributed by atoms with Crippen molar-refractivity contribution < 1.29 is 23.9 Å². The van der Waals surface area contributed by atoms with Gasteiger partial charge in [-0.1, -0.05) is 42.5 Å². The highest BCUT2D eigenvalue weighted by Crippen LogP contribution is 2.23. The van der Waals surface area contributed by atoms with Crippen molar-refractivity contribution in [2.24, 2.45) is 5.92 Å². The Hall–Kier alpha value is -3.72. The fraction of sp³-hybridized carbons (Fsp3) is 0.385. The molecule has 9 nitrogen and oxygen atoms in total. The number of H-pyrrole nitrogens is 1. The highest BCUT2D eigenvalue weighted by Gasteiger charge is 2.30. The van der Waals surface area contributed by atoms with Crippen LogP contribution in [0.5, 0.6) is 0 Å². The molecule has 2 atom stereocenters. The van der Waals surface area contributed by atoms with Gasteiger partial charge in [0.2, 0.25) is 11.8 Å². The Morgan fingerprint density at radius 3 is 2.63 bits per heavy atom. The van der Waals surface area contributed by atoms with E-state index >= 15 is 0 Å². The van der Waals surface area contributed by atoms with Gasteiger partial charge >= 0.3 is 5.97 Å². The zero-order valence-corrected chi connectivity index (χ0v) is 19.7. The van der Waals surface area contributed by atoms with E-state index in [9.17, 15) is 14.4 Å². The molecule has 0 radical (unpaired) electrons. The first kappa shape index (κ1) is 24.4. The van der Waals surface area contributed by atoms with Crippen molar-refractivity contribution in [3.63, 3.8) is 0 Å². The van der Waals surface area contributed by atoms with E-state index in [0.29, 0.717) is 38.4 Å². The van der Waals surface area contributed by atoms with Crippen molar-refractivity contribution in [2.75, 3.05) is 33.4 Å². The molecule has 9 heteroatoms.